The van der Waals surface area contributed by atoms with Crippen molar-refractivity contribution in [3.63, 3.8) is 0 Å². The summed E-state index contributed by atoms with van der Waals surface area (Å²) in [7, 11) is 0. The van der Waals surface area contributed by atoms with Gasteiger partial charge < -0.3 is 5.32 Å². The molecular weight excluding hydrogens is 250 g/mol. The summed E-state index contributed by atoms with van der Waals surface area (Å²) >= 11 is 1.83. The van der Waals surface area contributed by atoms with Crippen molar-refractivity contribution >= 4 is 11.3 Å². The molecule has 0 bridgehead atoms. The highest BCUT2D eigenvalue weighted by atomic mass is 32.1. The molecular formula is C17H29NS. The van der Waals surface area contributed by atoms with E-state index in [1.807, 2.05) is 11.3 Å². The molecule has 1 nitrogen and oxygen atoms in total. The molecule has 3 unspecified atom stereocenters. The smallest absolute Gasteiger partial charge is 0.00956 e. The number of nitrogens with one attached hydrogen (secondary N) is 1. The van der Waals surface area contributed by atoms with E-state index in [2.05, 4.69) is 36.0 Å². The zero-order chi connectivity index (χ0) is 13.5. The van der Waals surface area contributed by atoms with Crippen LogP contribution in [0.1, 0.15) is 57.9 Å². The molecule has 0 aliphatic heterocycles. The molecule has 1 aromatic rings. The van der Waals surface area contributed by atoms with E-state index in [0.717, 1.165) is 17.9 Å². The van der Waals surface area contributed by atoms with Crippen LogP contribution in [0.2, 0.25) is 0 Å². The molecule has 0 spiro atoms. The lowest BCUT2D eigenvalue weighted by atomic mass is 9.74. The maximum atomic E-state index is 3.80. The van der Waals surface area contributed by atoms with E-state index in [0.29, 0.717) is 0 Å². The van der Waals surface area contributed by atoms with E-state index in [1.165, 1.54) is 57.1 Å². The van der Waals surface area contributed by atoms with Crippen LogP contribution in [-0.2, 0) is 6.42 Å². The Labute approximate surface area is 122 Å². The average molecular weight is 279 g/mol. The SMILES string of the molecule is CCCNC1CCC(CC)CC1CCc1ccsc1. The molecule has 0 aromatic carbocycles. The van der Waals surface area contributed by atoms with Crippen LogP contribution in [0.15, 0.2) is 16.8 Å². The Morgan fingerprint density at radius 1 is 1.32 bits per heavy atom. The van der Waals surface area contributed by atoms with E-state index >= 15 is 0 Å². The molecule has 2 rings (SSSR count). The summed E-state index contributed by atoms with van der Waals surface area (Å²) in [5.41, 5.74) is 1.54. The third-order valence-corrected chi connectivity index (χ3v) is 5.44. The Bertz CT molecular complexity index is 333. The topological polar surface area (TPSA) is 12.0 Å². The van der Waals surface area contributed by atoms with Crippen molar-refractivity contribution in [1.82, 2.24) is 5.32 Å². The number of rotatable bonds is 7. The normalized spacial score (nSPS) is 27.6. The Morgan fingerprint density at radius 3 is 2.89 bits per heavy atom. The first kappa shape index (κ1) is 15.1. The minimum Gasteiger partial charge on any atom is -0.314 e. The van der Waals surface area contributed by atoms with Crippen molar-refractivity contribution in [3.8, 4) is 0 Å². The van der Waals surface area contributed by atoms with Crippen LogP contribution in [0.4, 0.5) is 0 Å². The fraction of sp³-hybridized carbons (Fsp3) is 0.765. The number of hydrogen-bond acceptors (Lipinski definition) is 2. The van der Waals surface area contributed by atoms with E-state index in [1.54, 1.807) is 0 Å². The maximum Gasteiger partial charge on any atom is 0.00956 e. The van der Waals surface area contributed by atoms with Crippen molar-refractivity contribution in [3.05, 3.63) is 22.4 Å². The van der Waals surface area contributed by atoms with E-state index in [-0.39, 0.29) is 0 Å². The first-order valence-corrected chi connectivity index (χ1v) is 9.02. The van der Waals surface area contributed by atoms with Gasteiger partial charge in [-0.2, -0.15) is 11.3 Å². The molecule has 3 atom stereocenters. The number of thiophene rings is 1. The zero-order valence-corrected chi connectivity index (χ0v) is 13.3. The highest BCUT2D eigenvalue weighted by Crippen LogP contribution is 2.34. The van der Waals surface area contributed by atoms with Gasteiger partial charge in [0.25, 0.3) is 0 Å². The molecule has 0 amide bonds. The summed E-state index contributed by atoms with van der Waals surface area (Å²) in [6.45, 7) is 5.82. The molecule has 1 aliphatic rings. The van der Waals surface area contributed by atoms with Crippen molar-refractivity contribution < 1.29 is 0 Å². The van der Waals surface area contributed by atoms with Crippen LogP contribution < -0.4 is 5.32 Å². The van der Waals surface area contributed by atoms with Gasteiger partial charge in [0.05, 0.1) is 0 Å². The first-order chi connectivity index (χ1) is 9.33. The van der Waals surface area contributed by atoms with Gasteiger partial charge in [-0.3, -0.25) is 0 Å². The second-order valence-electron chi connectivity index (χ2n) is 6.08. The molecule has 0 radical (unpaired) electrons. The van der Waals surface area contributed by atoms with Crippen molar-refractivity contribution in [2.24, 2.45) is 11.8 Å². The number of aryl methyl sites for hydroxylation is 1. The molecule has 108 valence electrons. The quantitative estimate of drug-likeness (QED) is 0.750. The average Bonchev–Trinajstić information content (AvgIpc) is 2.96. The molecule has 1 aromatic heterocycles. The van der Waals surface area contributed by atoms with Crippen LogP contribution in [0.3, 0.4) is 0 Å². The van der Waals surface area contributed by atoms with Crippen molar-refractivity contribution in [2.45, 2.75) is 64.8 Å². The van der Waals surface area contributed by atoms with E-state index in [9.17, 15) is 0 Å². The highest BCUT2D eigenvalue weighted by molar-refractivity contribution is 7.07. The lowest BCUT2D eigenvalue weighted by molar-refractivity contribution is 0.190. The second kappa shape index (κ2) is 8.06. The van der Waals surface area contributed by atoms with E-state index < -0.39 is 0 Å². The highest BCUT2D eigenvalue weighted by Gasteiger charge is 2.28. The Balaban J connectivity index is 1.86. The molecule has 1 heterocycles. The second-order valence-corrected chi connectivity index (χ2v) is 6.86. The van der Waals surface area contributed by atoms with Gasteiger partial charge in [0, 0.05) is 6.04 Å². The van der Waals surface area contributed by atoms with Gasteiger partial charge in [-0.25, -0.2) is 0 Å². The monoisotopic (exact) mass is 279 g/mol. The molecule has 1 aliphatic carbocycles. The predicted octanol–water partition coefficient (Wildman–Crippen LogP) is 4.88. The minimum atomic E-state index is 0.779. The summed E-state index contributed by atoms with van der Waals surface area (Å²) in [6, 6.07) is 3.07. The Kier molecular flexibility index (Phi) is 6.39. The summed E-state index contributed by atoms with van der Waals surface area (Å²) < 4.78 is 0. The Morgan fingerprint density at radius 2 is 2.21 bits per heavy atom. The fourth-order valence-corrected chi connectivity index (χ4v) is 4.14. The van der Waals surface area contributed by atoms with Gasteiger partial charge >= 0.3 is 0 Å². The van der Waals surface area contributed by atoms with Crippen LogP contribution in [0.25, 0.3) is 0 Å². The largest absolute Gasteiger partial charge is 0.314 e. The maximum absolute atomic E-state index is 3.80. The predicted molar refractivity (Wildman–Crippen MR) is 85.8 cm³/mol. The molecule has 0 saturated heterocycles. The summed E-state index contributed by atoms with van der Waals surface area (Å²) in [5, 5.41) is 8.32. The van der Waals surface area contributed by atoms with Gasteiger partial charge in [0.1, 0.15) is 0 Å². The van der Waals surface area contributed by atoms with Gasteiger partial charge in [-0.15, -0.1) is 0 Å². The van der Waals surface area contributed by atoms with Crippen molar-refractivity contribution in [2.75, 3.05) is 6.54 Å². The van der Waals surface area contributed by atoms with Crippen LogP contribution in [0, 0.1) is 11.8 Å². The Hall–Kier alpha value is -0.340. The van der Waals surface area contributed by atoms with Crippen LogP contribution >= 0.6 is 11.3 Å². The summed E-state index contributed by atoms with van der Waals surface area (Å²) in [5.74, 6) is 1.87. The summed E-state index contributed by atoms with van der Waals surface area (Å²) in [6.07, 6.45) is 9.55. The fourth-order valence-electron chi connectivity index (χ4n) is 3.44. The molecule has 1 saturated carbocycles. The lowest BCUT2D eigenvalue weighted by Crippen LogP contribution is -2.41. The van der Waals surface area contributed by atoms with E-state index in [4.69, 9.17) is 0 Å². The van der Waals surface area contributed by atoms with Gasteiger partial charge in [-0.05, 0) is 79.3 Å². The molecule has 1 fully saturated rings. The third kappa shape index (κ3) is 4.61. The molecule has 19 heavy (non-hydrogen) atoms. The standard InChI is InChI=1S/C17H29NS/c1-3-10-18-17-8-6-14(4-2)12-16(17)7-5-15-9-11-19-13-15/h9,11,13-14,16-18H,3-8,10,12H2,1-2H3. The van der Waals surface area contributed by atoms with Crippen LogP contribution in [0.5, 0.6) is 0 Å². The van der Waals surface area contributed by atoms with Gasteiger partial charge in [0.2, 0.25) is 0 Å². The van der Waals surface area contributed by atoms with Crippen LogP contribution in [-0.4, -0.2) is 12.6 Å². The van der Waals surface area contributed by atoms with Crippen molar-refractivity contribution in [1.29, 1.82) is 0 Å². The van der Waals surface area contributed by atoms with Gasteiger partial charge in [0.15, 0.2) is 0 Å². The zero-order valence-electron chi connectivity index (χ0n) is 12.5. The van der Waals surface area contributed by atoms with Gasteiger partial charge in [-0.1, -0.05) is 20.3 Å². The minimum absolute atomic E-state index is 0.779. The lowest BCUT2D eigenvalue weighted by Gasteiger charge is -2.36. The number of hydrogen-bond donors (Lipinski definition) is 1. The summed E-state index contributed by atoms with van der Waals surface area (Å²) in [4.78, 5) is 0. The molecule has 1 N–H and O–H groups in total. The first-order valence-electron chi connectivity index (χ1n) is 8.07. The molecule has 2 heteroatoms. The third-order valence-electron chi connectivity index (χ3n) is 4.71.